The zero-order valence-corrected chi connectivity index (χ0v) is 6.26. The Balaban J connectivity index is 2.90. The second-order valence-electron chi connectivity index (χ2n) is 1.77. The minimum atomic E-state index is -1.43. The molecule has 10 heavy (non-hydrogen) atoms. The highest BCUT2D eigenvalue weighted by Crippen LogP contribution is 2.11. The first kappa shape index (κ1) is 7.59. The molecule has 1 aromatic rings. The molecule has 1 aromatic heterocycles. The Bertz CT molecular complexity index is 210. The van der Waals surface area contributed by atoms with Crippen molar-refractivity contribution in [3.05, 3.63) is 10.8 Å². The molecule has 0 bridgehead atoms. The van der Waals surface area contributed by atoms with E-state index in [0.717, 1.165) is 0 Å². The summed E-state index contributed by atoms with van der Waals surface area (Å²) >= 11 is 1.37. The van der Waals surface area contributed by atoms with Crippen molar-refractivity contribution < 1.29 is 14.8 Å². The maximum atomic E-state index is 8.71. The molecule has 0 unspecified atom stereocenters. The lowest BCUT2D eigenvalue weighted by Gasteiger charge is -1.98. The van der Waals surface area contributed by atoms with Crippen LogP contribution in [0.15, 0.2) is 10.8 Å². The molecule has 5 heteroatoms. The van der Waals surface area contributed by atoms with Crippen molar-refractivity contribution in [3.8, 4) is 5.75 Å². The van der Waals surface area contributed by atoms with E-state index in [2.05, 4.69) is 0 Å². The third kappa shape index (κ3) is 1.31. The van der Waals surface area contributed by atoms with Crippen molar-refractivity contribution >= 4 is 23.9 Å². The second-order valence-corrected chi connectivity index (χ2v) is 2.51. The highest BCUT2D eigenvalue weighted by molar-refractivity contribution is 7.09. The Hall–Kier alpha value is -0.515. The topological polar surface area (TPSA) is 49.7 Å². The number of hydrogen-bond acceptors (Lipinski definition) is 4. The van der Waals surface area contributed by atoms with Gasteiger partial charge in [-0.05, 0) is 5.38 Å². The van der Waals surface area contributed by atoms with Crippen LogP contribution in [0.1, 0.15) is 0 Å². The van der Waals surface area contributed by atoms with Crippen LogP contribution >= 0.6 is 11.3 Å². The maximum absolute atomic E-state index is 8.71. The first-order valence-electron chi connectivity index (χ1n) is 2.72. The SMILES string of the molecule is COc1cscc1B(O)O. The summed E-state index contributed by atoms with van der Waals surface area (Å²) < 4.78 is 4.84. The predicted octanol–water partition coefficient (Wildman–Crippen LogP) is -0.564. The highest BCUT2D eigenvalue weighted by Gasteiger charge is 2.16. The molecule has 0 saturated heterocycles. The molecule has 0 saturated carbocycles. The van der Waals surface area contributed by atoms with Crippen LogP contribution in [0.5, 0.6) is 5.75 Å². The smallest absolute Gasteiger partial charge is 0.493 e. The molecule has 0 aromatic carbocycles. The van der Waals surface area contributed by atoms with Gasteiger partial charge in [0.25, 0.3) is 0 Å². The maximum Gasteiger partial charge on any atom is 0.493 e. The van der Waals surface area contributed by atoms with E-state index in [1.54, 1.807) is 10.8 Å². The van der Waals surface area contributed by atoms with E-state index in [1.807, 2.05) is 0 Å². The van der Waals surface area contributed by atoms with Crippen molar-refractivity contribution in [3.63, 3.8) is 0 Å². The minimum absolute atomic E-state index is 0.424. The summed E-state index contributed by atoms with van der Waals surface area (Å²) in [6, 6.07) is 0. The lowest BCUT2D eigenvalue weighted by Crippen LogP contribution is -2.29. The molecule has 0 aliphatic rings. The number of hydrogen-bond donors (Lipinski definition) is 2. The lowest BCUT2D eigenvalue weighted by atomic mass is 9.82. The summed E-state index contributed by atoms with van der Waals surface area (Å²) in [4.78, 5) is 0. The Morgan fingerprint density at radius 1 is 1.50 bits per heavy atom. The molecular weight excluding hydrogens is 151 g/mol. The summed E-state index contributed by atoms with van der Waals surface area (Å²) in [5.41, 5.74) is 0.424. The highest BCUT2D eigenvalue weighted by atomic mass is 32.1. The van der Waals surface area contributed by atoms with E-state index in [1.165, 1.54) is 18.4 Å². The van der Waals surface area contributed by atoms with Crippen molar-refractivity contribution in [1.82, 2.24) is 0 Å². The minimum Gasteiger partial charge on any atom is -0.496 e. The first-order chi connectivity index (χ1) is 4.75. The standard InChI is InChI=1S/C5H7BO3S/c1-9-5-3-10-2-4(5)6(7)8/h2-3,7-8H,1H3. The fraction of sp³-hybridized carbons (Fsp3) is 0.200. The zero-order valence-electron chi connectivity index (χ0n) is 5.44. The number of rotatable bonds is 2. The van der Waals surface area contributed by atoms with Crippen LogP contribution in [0.25, 0.3) is 0 Å². The zero-order chi connectivity index (χ0) is 7.56. The van der Waals surface area contributed by atoms with Crippen LogP contribution < -0.4 is 10.2 Å². The van der Waals surface area contributed by atoms with Crippen molar-refractivity contribution in [2.24, 2.45) is 0 Å². The van der Waals surface area contributed by atoms with Crippen LogP contribution in [0, 0.1) is 0 Å². The Morgan fingerprint density at radius 2 is 2.20 bits per heavy atom. The quantitative estimate of drug-likeness (QED) is 0.567. The van der Waals surface area contributed by atoms with E-state index in [-0.39, 0.29) is 0 Å². The summed E-state index contributed by atoms with van der Waals surface area (Å²) in [6.07, 6.45) is 0. The van der Waals surface area contributed by atoms with Gasteiger partial charge in [-0.25, -0.2) is 0 Å². The van der Waals surface area contributed by atoms with Gasteiger partial charge in [0.05, 0.1) is 7.11 Å². The average molecular weight is 158 g/mol. The van der Waals surface area contributed by atoms with Gasteiger partial charge in [-0.3, -0.25) is 0 Å². The molecule has 3 nitrogen and oxygen atoms in total. The normalized spacial score (nSPS) is 9.50. The van der Waals surface area contributed by atoms with Gasteiger partial charge in [0.2, 0.25) is 0 Å². The van der Waals surface area contributed by atoms with Crippen LogP contribution in [-0.2, 0) is 0 Å². The van der Waals surface area contributed by atoms with Crippen molar-refractivity contribution in [2.45, 2.75) is 0 Å². The molecule has 0 spiro atoms. The number of ether oxygens (including phenoxy) is 1. The molecule has 1 heterocycles. The van der Waals surface area contributed by atoms with E-state index < -0.39 is 7.12 Å². The van der Waals surface area contributed by atoms with E-state index in [9.17, 15) is 0 Å². The van der Waals surface area contributed by atoms with Gasteiger partial charge in [0.1, 0.15) is 5.75 Å². The summed E-state index contributed by atoms with van der Waals surface area (Å²) in [6.45, 7) is 0. The molecule has 0 aliphatic heterocycles. The molecule has 0 radical (unpaired) electrons. The summed E-state index contributed by atoms with van der Waals surface area (Å²) in [7, 11) is 0.0645. The van der Waals surface area contributed by atoms with E-state index in [0.29, 0.717) is 11.2 Å². The largest absolute Gasteiger partial charge is 0.496 e. The molecule has 0 aliphatic carbocycles. The Labute approximate surface area is 63.0 Å². The fourth-order valence-corrected chi connectivity index (χ4v) is 1.46. The van der Waals surface area contributed by atoms with Crippen molar-refractivity contribution in [1.29, 1.82) is 0 Å². The van der Waals surface area contributed by atoms with Gasteiger partial charge in [-0.2, -0.15) is 0 Å². The monoisotopic (exact) mass is 158 g/mol. The molecule has 0 amide bonds. The number of methoxy groups -OCH3 is 1. The third-order valence-electron chi connectivity index (χ3n) is 1.15. The van der Waals surface area contributed by atoms with Crippen LogP contribution in [-0.4, -0.2) is 24.3 Å². The van der Waals surface area contributed by atoms with Gasteiger partial charge in [-0.1, -0.05) is 0 Å². The molecule has 54 valence electrons. The molecule has 1 rings (SSSR count). The van der Waals surface area contributed by atoms with Gasteiger partial charge < -0.3 is 14.8 Å². The first-order valence-corrected chi connectivity index (χ1v) is 3.66. The van der Waals surface area contributed by atoms with Gasteiger partial charge >= 0.3 is 7.12 Å². The second kappa shape index (κ2) is 3.05. The average Bonchev–Trinajstić information content (AvgIpc) is 2.33. The van der Waals surface area contributed by atoms with Gasteiger partial charge in [0.15, 0.2) is 0 Å². The fourth-order valence-electron chi connectivity index (χ4n) is 0.649. The molecule has 0 atom stereocenters. The third-order valence-corrected chi connectivity index (χ3v) is 1.89. The van der Waals surface area contributed by atoms with E-state index in [4.69, 9.17) is 14.8 Å². The predicted molar refractivity (Wildman–Crippen MR) is 40.7 cm³/mol. The van der Waals surface area contributed by atoms with Gasteiger partial charge in [-0.15, -0.1) is 11.3 Å². The van der Waals surface area contributed by atoms with E-state index >= 15 is 0 Å². The van der Waals surface area contributed by atoms with Crippen molar-refractivity contribution in [2.75, 3.05) is 7.11 Å². The Kier molecular flexibility index (Phi) is 2.31. The molecule has 0 fully saturated rings. The molecule has 2 N–H and O–H groups in total. The van der Waals surface area contributed by atoms with Crippen LogP contribution in [0.3, 0.4) is 0 Å². The lowest BCUT2D eigenvalue weighted by molar-refractivity contribution is 0.405. The summed E-state index contributed by atoms with van der Waals surface area (Å²) in [5, 5.41) is 20.8. The molecular formula is C5H7BO3S. The van der Waals surface area contributed by atoms with Gasteiger partial charge in [0, 0.05) is 10.8 Å². The Morgan fingerprint density at radius 3 is 2.60 bits per heavy atom. The van der Waals surface area contributed by atoms with Crippen LogP contribution in [0.4, 0.5) is 0 Å². The number of thiophene rings is 1. The van der Waals surface area contributed by atoms with Crippen LogP contribution in [0.2, 0.25) is 0 Å². The summed E-state index contributed by atoms with van der Waals surface area (Å²) in [5.74, 6) is 0.528.